The first-order valence-electron chi connectivity index (χ1n) is 11.9. The third-order valence-electron chi connectivity index (χ3n) is 6.47. The Labute approximate surface area is 218 Å². The molecule has 2 aliphatic heterocycles. The molecule has 2 saturated heterocycles. The molecule has 3 atom stereocenters. The molecular weight excluding hydrogens is 501 g/mol. The Morgan fingerprint density at radius 2 is 1.81 bits per heavy atom. The molecule has 2 aliphatic rings. The number of hydrogen-bond donors (Lipinski definition) is 2. The van der Waals surface area contributed by atoms with Crippen LogP contribution in [-0.4, -0.2) is 54.0 Å². The Bertz CT molecular complexity index is 1270. The Kier molecular flexibility index (Phi) is 7.16. The zero-order chi connectivity index (χ0) is 25.9. The summed E-state index contributed by atoms with van der Waals surface area (Å²) in [5.41, 5.74) is 1.19. The van der Waals surface area contributed by atoms with Gasteiger partial charge < -0.3 is 19.9 Å². The summed E-state index contributed by atoms with van der Waals surface area (Å²) in [5, 5.41) is 12.1. The van der Waals surface area contributed by atoms with Gasteiger partial charge in [-0.2, -0.15) is 0 Å². The Morgan fingerprint density at radius 3 is 2.49 bits per heavy atom. The molecule has 0 aliphatic carbocycles. The summed E-state index contributed by atoms with van der Waals surface area (Å²) in [6.45, 7) is 1.55. The number of halogens is 2. The second-order valence-electron chi connectivity index (χ2n) is 9.04. The first kappa shape index (κ1) is 24.9. The van der Waals surface area contributed by atoms with Crippen LogP contribution in [0.4, 0.5) is 19.7 Å². The summed E-state index contributed by atoms with van der Waals surface area (Å²) >= 11 is 5.93. The van der Waals surface area contributed by atoms with Gasteiger partial charge in [-0.1, -0.05) is 23.7 Å². The van der Waals surface area contributed by atoms with E-state index in [-0.39, 0.29) is 6.04 Å². The van der Waals surface area contributed by atoms with Gasteiger partial charge in [0.1, 0.15) is 29.5 Å². The minimum atomic E-state index is -1.06. The van der Waals surface area contributed by atoms with Crippen LogP contribution in [0.3, 0.4) is 0 Å². The van der Waals surface area contributed by atoms with Crippen LogP contribution in [0.25, 0.3) is 0 Å². The smallest absolute Gasteiger partial charge is 0.415 e. The lowest BCUT2D eigenvalue weighted by molar-refractivity contribution is 0.104. The van der Waals surface area contributed by atoms with Gasteiger partial charge >= 0.3 is 12.2 Å². The van der Waals surface area contributed by atoms with Gasteiger partial charge in [0.25, 0.3) is 0 Å². The van der Waals surface area contributed by atoms with Crippen molar-refractivity contribution >= 4 is 29.5 Å². The van der Waals surface area contributed by atoms with E-state index in [1.54, 1.807) is 60.7 Å². The Morgan fingerprint density at radius 1 is 1.11 bits per heavy atom. The molecule has 37 heavy (non-hydrogen) atoms. The highest BCUT2D eigenvalue weighted by Gasteiger charge is 2.45. The van der Waals surface area contributed by atoms with Gasteiger partial charge in [0.2, 0.25) is 0 Å². The normalized spacial score (nSPS) is 21.6. The van der Waals surface area contributed by atoms with Crippen molar-refractivity contribution in [1.29, 1.82) is 0 Å². The highest BCUT2D eigenvalue weighted by Crippen LogP contribution is 2.39. The first-order valence-corrected chi connectivity index (χ1v) is 12.2. The molecule has 0 bridgehead atoms. The van der Waals surface area contributed by atoms with Crippen molar-refractivity contribution in [3.63, 3.8) is 0 Å². The fraction of sp³-hybridized carbons (Fsp3) is 0.259. The quantitative estimate of drug-likeness (QED) is 0.412. The van der Waals surface area contributed by atoms with Crippen LogP contribution in [-0.2, 0) is 4.74 Å². The number of rotatable bonds is 7. The van der Waals surface area contributed by atoms with E-state index in [1.165, 1.54) is 17.0 Å². The number of nitrogens with one attached hydrogen (secondary N) is 1. The van der Waals surface area contributed by atoms with Crippen molar-refractivity contribution in [2.24, 2.45) is 0 Å². The lowest BCUT2D eigenvalue weighted by Gasteiger charge is -2.27. The predicted molar refractivity (Wildman–Crippen MR) is 136 cm³/mol. The van der Waals surface area contributed by atoms with E-state index in [2.05, 4.69) is 10.2 Å². The molecule has 0 radical (unpaired) electrons. The number of carbonyl (C=O) groups is 2. The molecule has 8 nitrogen and oxygen atoms in total. The van der Waals surface area contributed by atoms with Gasteiger partial charge in [-0.3, -0.25) is 9.80 Å². The fourth-order valence-electron chi connectivity index (χ4n) is 4.85. The van der Waals surface area contributed by atoms with Crippen LogP contribution in [0.5, 0.6) is 11.5 Å². The summed E-state index contributed by atoms with van der Waals surface area (Å²) in [6, 6.07) is 19.4. The fourth-order valence-corrected chi connectivity index (χ4v) is 4.97. The minimum Gasteiger partial charge on any atom is -0.465 e. The van der Waals surface area contributed by atoms with Gasteiger partial charge in [-0.05, 0) is 72.6 Å². The van der Waals surface area contributed by atoms with Gasteiger partial charge in [0, 0.05) is 36.4 Å². The van der Waals surface area contributed by atoms with E-state index in [0.29, 0.717) is 53.8 Å². The van der Waals surface area contributed by atoms with Crippen molar-refractivity contribution < 1.29 is 28.6 Å². The molecule has 2 fully saturated rings. The van der Waals surface area contributed by atoms with Crippen LogP contribution >= 0.6 is 11.6 Å². The van der Waals surface area contributed by atoms with Crippen molar-refractivity contribution in [3.05, 3.63) is 89.2 Å². The van der Waals surface area contributed by atoms with Crippen LogP contribution in [0.1, 0.15) is 18.0 Å². The van der Waals surface area contributed by atoms with Crippen molar-refractivity contribution in [1.82, 2.24) is 10.2 Å². The third kappa shape index (κ3) is 5.79. The van der Waals surface area contributed by atoms with Crippen LogP contribution in [0, 0.1) is 5.82 Å². The molecule has 0 saturated carbocycles. The number of ether oxygens (including phenoxy) is 2. The lowest BCUT2D eigenvalue weighted by atomic mass is 9.99. The van der Waals surface area contributed by atoms with Crippen LogP contribution in [0.15, 0.2) is 72.8 Å². The van der Waals surface area contributed by atoms with E-state index >= 15 is 0 Å². The number of nitrogens with zero attached hydrogens (tertiary/aromatic N) is 2. The average molecular weight is 526 g/mol. The Hall–Kier alpha value is -3.82. The largest absolute Gasteiger partial charge is 0.465 e. The van der Waals surface area contributed by atoms with Crippen molar-refractivity contribution in [3.8, 4) is 11.5 Å². The molecule has 192 valence electrons. The third-order valence-corrected chi connectivity index (χ3v) is 6.72. The molecular formula is C27H25ClFN3O5. The number of anilines is 1. The minimum absolute atomic E-state index is 0.188. The molecule has 0 spiro atoms. The van der Waals surface area contributed by atoms with Gasteiger partial charge in [0.15, 0.2) is 0 Å². The lowest BCUT2D eigenvalue weighted by Crippen LogP contribution is -2.39. The molecule has 3 aromatic rings. The van der Waals surface area contributed by atoms with Crippen LogP contribution < -0.4 is 15.0 Å². The molecule has 10 heteroatoms. The maximum atomic E-state index is 14.2. The predicted octanol–water partition coefficient (Wildman–Crippen LogP) is 5.68. The maximum absolute atomic E-state index is 14.2. The van der Waals surface area contributed by atoms with E-state index in [0.717, 1.165) is 0 Å². The number of amides is 2. The molecule has 5 rings (SSSR count). The second kappa shape index (κ2) is 10.7. The van der Waals surface area contributed by atoms with E-state index in [1.807, 2.05) is 0 Å². The maximum Gasteiger partial charge on any atom is 0.415 e. The monoisotopic (exact) mass is 525 g/mol. The van der Waals surface area contributed by atoms with E-state index in [4.69, 9.17) is 26.2 Å². The summed E-state index contributed by atoms with van der Waals surface area (Å²) in [7, 11) is 0. The number of carboxylic acid groups (broad SMARTS) is 1. The van der Waals surface area contributed by atoms with Crippen molar-refractivity contribution in [2.75, 3.05) is 24.5 Å². The number of hydrogen-bond acceptors (Lipinski definition) is 5. The zero-order valence-electron chi connectivity index (χ0n) is 19.7. The zero-order valence-corrected chi connectivity index (χ0v) is 20.5. The second-order valence-corrected chi connectivity index (χ2v) is 9.47. The van der Waals surface area contributed by atoms with Gasteiger partial charge in [0.05, 0.1) is 0 Å². The average Bonchev–Trinajstić information content (AvgIpc) is 3.44. The molecule has 2 amide bonds. The standard InChI is InChI=1S/C27H25ClFN3O5/c28-18-4-8-22(9-5-18)36-23-10-6-21(7-11-23)32-25(17-2-1-3-19(29)14-17)24(37-27(32)35)16-31-13-12-20(15-31)30-26(33)34/h1-11,14,20,24-25,30H,12-13,15-16H2,(H,33,34)/t20?,24-,25-/m0/s1. The SMILES string of the molecule is O=C(O)NC1CCN(C[C@@H]2OC(=O)N(c3ccc(Oc4ccc(Cl)cc4)cc3)[C@H]2c2cccc(F)c2)C1. The number of likely N-dealkylation sites (tertiary alicyclic amines) is 1. The van der Waals surface area contributed by atoms with Crippen LogP contribution in [0.2, 0.25) is 5.02 Å². The molecule has 0 aromatic heterocycles. The number of cyclic esters (lactones) is 1. The molecule has 2 heterocycles. The Balaban J connectivity index is 1.37. The number of carbonyl (C=O) groups excluding carboxylic acids is 1. The summed E-state index contributed by atoms with van der Waals surface area (Å²) in [5.74, 6) is 0.789. The molecule has 2 N–H and O–H groups in total. The summed E-state index contributed by atoms with van der Waals surface area (Å²) in [6.07, 6.45) is -1.52. The molecule has 3 aromatic carbocycles. The highest BCUT2D eigenvalue weighted by molar-refractivity contribution is 6.30. The molecule has 1 unspecified atom stereocenters. The van der Waals surface area contributed by atoms with E-state index < -0.39 is 30.1 Å². The van der Waals surface area contributed by atoms with E-state index in [9.17, 15) is 14.0 Å². The highest BCUT2D eigenvalue weighted by atomic mass is 35.5. The number of benzene rings is 3. The van der Waals surface area contributed by atoms with Gasteiger partial charge in [-0.15, -0.1) is 0 Å². The van der Waals surface area contributed by atoms with Gasteiger partial charge in [-0.25, -0.2) is 14.0 Å². The summed E-state index contributed by atoms with van der Waals surface area (Å²) < 4.78 is 25.8. The first-order chi connectivity index (χ1) is 17.9. The van der Waals surface area contributed by atoms with Crippen molar-refractivity contribution in [2.45, 2.75) is 24.6 Å². The topological polar surface area (TPSA) is 91.3 Å². The summed E-state index contributed by atoms with van der Waals surface area (Å²) in [4.78, 5) is 27.7.